The van der Waals surface area contributed by atoms with E-state index >= 15 is 0 Å². The van der Waals surface area contributed by atoms with Crippen LogP contribution in [-0.4, -0.2) is 18.6 Å². The number of halogens is 2. The molecular weight excluding hydrogens is 266 g/mol. The van der Waals surface area contributed by atoms with Gasteiger partial charge in [0.25, 0.3) is 0 Å². The quantitative estimate of drug-likeness (QED) is 0.795. The topological polar surface area (TPSA) is 73.1 Å². The predicted octanol–water partition coefficient (Wildman–Crippen LogP) is 1.63. The van der Waals surface area contributed by atoms with Crippen molar-refractivity contribution in [3.8, 4) is 0 Å². The average molecular weight is 274 g/mol. The fourth-order valence-corrected chi connectivity index (χ4v) is 2.60. The highest BCUT2D eigenvalue weighted by Crippen LogP contribution is 2.19. The summed E-state index contributed by atoms with van der Waals surface area (Å²) in [5.74, 6) is -2.49. The van der Waals surface area contributed by atoms with Crippen LogP contribution in [0.4, 0.5) is 8.78 Å². The minimum Gasteiger partial charge on any atom is -0.338 e. The molecule has 8 heteroatoms. The lowest BCUT2D eigenvalue weighted by Gasteiger charge is -2.02. The molecule has 0 unspecified atom stereocenters. The van der Waals surface area contributed by atoms with Gasteiger partial charge in [0.1, 0.15) is 22.3 Å². The van der Waals surface area contributed by atoms with Crippen molar-refractivity contribution >= 4 is 9.84 Å². The Balaban J connectivity index is 2.36. The summed E-state index contributed by atoms with van der Waals surface area (Å²) in [6.45, 7) is 1.53. The van der Waals surface area contributed by atoms with E-state index in [-0.39, 0.29) is 11.7 Å². The molecule has 1 heterocycles. The standard InChI is InChI=1S/C10H8F2N2O3S/c1-6-13-10(17-14-6)5-18(15,16)9-3-2-7(11)4-8(9)12/h2-4H,5H2,1H3. The summed E-state index contributed by atoms with van der Waals surface area (Å²) >= 11 is 0. The van der Waals surface area contributed by atoms with Crippen LogP contribution in [0.1, 0.15) is 11.7 Å². The molecule has 0 aliphatic rings. The van der Waals surface area contributed by atoms with Crippen molar-refractivity contribution in [2.45, 2.75) is 17.6 Å². The Morgan fingerprint density at radius 3 is 2.61 bits per heavy atom. The number of hydrogen-bond donors (Lipinski definition) is 0. The SMILES string of the molecule is Cc1noc(CS(=O)(=O)c2ccc(F)cc2F)n1. The van der Waals surface area contributed by atoms with Crippen molar-refractivity contribution < 1.29 is 21.7 Å². The number of aromatic nitrogens is 2. The van der Waals surface area contributed by atoms with Gasteiger partial charge < -0.3 is 4.52 Å². The first-order valence-corrected chi connectivity index (χ1v) is 6.51. The van der Waals surface area contributed by atoms with Crippen molar-refractivity contribution in [1.29, 1.82) is 0 Å². The van der Waals surface area contributed by atoms with Crippen LogP contribution in [0.25, 0.3) is 0 Å². The normalized spacial score (nSPS) is 11.7. The number of aryl methyl sites for hydroxylation is 1. The number of sulfone groups is 1. The van der Waals surface area contributed by atoms with Gasteiger partial charge in [-0.25, -0.2) is 17.2 Å². The summed E-state index contributed by atoms with van der Waals surface area (Å²) in [4.78, 5) is 3.12. The summed E-state index contributed by atoms with van der Waals surface area (Å²) < 4.78 is 54.4. The first kappa shape index (κ1) is 12.6. The molecule has 0 aliphatic carbocycles. The molecule has 18 heavy (non-hydrogen) atoms. The van der Waals surface area contributed by atoms with E-state index in [2.05, 4.69) is 14.7 Å². The van der Waals surface area contributed by atoms with Gasteiger partial charge in [0, 0.05) is 6.07 Å². The highest BCUT2D eigenvalue weighted by molar-refractivity contribution is 7.90. The van der Waals surface area contributed by atoms with Crippen molar-refractivity contribution in [2.75, 3.05) is 0 Å². The Morgan fingerprint density at radius 1 is 1.33 bits per heavy atom. The molecule has 1 aromatic carbocycles. The van der Waals surface area contributed by atoms with Gasteiger partial charge in [0.05, 0.1) is 0 Å². The van der Waals surface area contributed by atoms with E-state index in [1.165, 1.54) is 6.92 Å². The lowest BCUT2D eigenvalue weighted by molar-refractivity contribution is 0.384. The highest BCUT2D eigenvalue weighted by Gasteiger charge is 2.23. The second-order valence-electron chi connectivity index (χ2n) is 3.57. The van der Waals surface area contributed by atoms with Crippen LogP contribution in [0.2, 0.25) is 0 Å². The van der Waals surface area contributed by atoms with E-state index in [1.54, 1.807) is 0 Å². The molecule has 0 amide bonds. The maximum atomic E-state index is 13.4. The second kappa shape index (κ2) is 4.45. The molecule has 2 rings (SSSR count). The van der Waals surface area contributed by atoms with Crippen molar-refractivity contribution in [2.24, 2.45) is 0 Å². The van der Waals surface area contributed by atoms with Crippen LogP contribution >= 0.6 is 0 Å². The largest absolute Gasteiger partial charge is 0.338 e. The molecule has 96 valence electrons. The third-order valence-corrected chi connectivity index (χ3v) is 3.74. The first-order valence-electron chi connectivity index (χ1n) is 4.85. The third-order valence-electron chi connectivity index (χ3n) is 2.11. The van der Waals surface area contributed by atoms with E-state index < -0.39 is 32.1 Å². The molecule has 0 N–H and O–H groups in total. The van der Waals surface area contributed by atoms with E-state index in [4.69, 9.17) is 0 Å². The fraction of sp³-hybridized carbons (Fsp3) is 0.200. The Morgan fingerprint density at radius 2 is 2.06 bits per heavy atom. The van der Waals surface area contributed by atoms with Gasteiger partial charge in [-0.15, -0.1) is 0 Å². The molecular formula is C10H8F2N2O3S. The molecule has 0 spiro atoms. The van der Waals surface area contributed by atoms with Crippen LogP contribution in [0.3, 0.4) is 0 Å². The maximum Gasteiger partial charge on any atom is 0.242 e. The van der Waals surface area contributed by atoms with Crippen molar-refractivity contribution in [3.63, 3.8) is 0 Å². The summed E-state index contributed by atoms with van der Waals surface area (Å²) in [5, 5.41) is 3.43. The summed E-state index contributed by atoms with van der Waals surface area (Å²) in [7, 11) is -3.99. The van der Waals surface area contributed by atoms with Crippen LogP contribution in [0, 0.1) is 18.6 Å². The zero-order valence-electron chi connectivity index (χ0n) is 9.22. The molecule has 0 saturated carbocycles. The van der Waals surface area contributed by atoms with Crippen molar-refractivity contribution in [1.82, 2.24) is 10.1 Å². The Hall–Kier alpha value is -1.83. The molecule has 1 aromatic heterocycles. The van der Waals surface area contributed by atoms with E-state index in [9.17, 15) is 17.2 Å². The molecule has 2 aromatic rings. The third kappa shape index (κ3) is 2.53. The Kier molecular flexibility index (Phi) is 3.12. The lowest BCUT2D eigenvalue weighted by Crippen LogP contribution is -2.08. The van der Waals surface area contributed by atoms with Gasteiger partial charge in [-0.1, -0.05) is 5.16 Å². The predicted molar refractivity (Wildman–Crippen MR) is 56.3 cm³/mol. The van der Waals surface area contributed by atoms with E-state index in [1.807, 2.05) is 0 Å². The molecule has 0 aliphatic heterocycles. The van der Waals surface area contributed by atoms with Crippen LogP contribution in [0.15, 0.2) is 27.6 Å². The van der Waals surface area contributed by atoms with Crippen LogP contribution in [0.5, 0.6) is 0 Å². The number of hydrogen-bond acceptors (Lipinski definition) is 5. The Labute approximate surface area is 101 Å². The van der Waals surface area contributed by atoms with Gasteiger partial charge in [-0.2, -0.15) is 4.98 Å². The number of nitrogens with zero attached hydrogens (tertiary/aromatic N) is 2. The minimum absolute atomic E-state index is 0.142. The van der Waals surface area contributed by atoms with Gasteiger partial charge in [-0.05, 0) is 19.1 Å². The van der Waals surface area contributed by atoms with Crippen molar-refractivity contribution in [3.05, 3.63) is 41.5 Å². The van der Waals surface area contributed by atoms with Gasteiger partial charge in [0.15, 0.2) is 15.7 Å². The smallest absolute Gasteiger partial charge is 0.242 e. The van der Waals surface area contributed by atoms with Gasteiger partial charge in [-0.3, -0.25) is 0 Å². The highest BCUT2D eigenvalue weighted by atomic mass is 32.2. The molecule has 5 nitrogen and oxygen atoms in total. The van der Waals surface area contributed by atoms with Gasteiger partial charge in [0.2, 0.25) is 5.89 Å². The summed E-state index contributed by atoms with van der Waals surface area (Å²) in [6, 6.07) is 2.24. The lowest BCUT2D eigenvalue weighted by atomic mass is 10.3. The molecule has 0 bridgehead atoms. The van der Waals surface area contributed by atoms with Gasteiger partial charge >= 0.3 is 0 Å². The zero-order valence-corrected chi connectivity index (χ0v) is 10.0. The molecule has 0 saturated heterocycles. The number of rotatable bonds is 3. The van der Waals surface area contributed by atoms with Crippen LogP contribution < -0.4 is 0 Å². The molecule has 0 atom stereocenters. The summed E-state index contributed by atoms with van der Waals surface area (Å²) in [6.07, 6.45) is 0. The monoisotopic (exact) mass is 274 g/mol. The fourth-order valence-electron chi connectivity index (χ4n) is 1.37. The van der Waals surface area contributed by atoms with E-state index in [0.29, 0.717) is 6.07 Å². The minimum atomic E-state index is -3.99. The molecule has 0 radical (unpaired) electrons. The zero-order chi connectivity index (χ0) is 13.3. The summed E-state index contributed by atoms with van der Waals surface area (Å²) in [5.41, 5.74) is 0. The first-order chi connectivity index (χ1) is 8.38. The Bertz CT molecular complexity index is 682. The molecule has 0 fully saturated rings. The van der Waals surface area contributed by atoms with Crippen LogP contribution in [-0.2, 0) is 15.6 Å². The average Bonchev–Trinajstić information content (AvgIpc) is 2.62. The van der Waals surface area contributed by atoms with E-state index in [0.717, 1.165) is 12.1 Å². The number of benzene rings is 1. The maximum absolute atomic E-state index is 13.4. The second-order valence-corrected chi connectivity index (χ2v) is 5.53.